The maximum Gasteiger partial charge on any atom is 0.250 e. The topological polar surface area (TPSA) is 78.7 Å². The summed E-state index contributed by atoms with van der Waals surface area (Å²) in [6.07, 6.45) is 0. The number of para-hydroxylation sites is 2. The fourth-order valence-corrected chi connectivity index (χ4v) is 3.05. The van der Waals surface area contributed by atoms with Gasteiger partial charge in [-0.3, -0.25) is 14.5 Å². The van der Waals surface area contributed by atoms with Gasteiger partial charge in [-0.2, -0.15) is 0 Å². The first-order valence-corrected chi connectivity index (χ1v) is 8.45. The highest BCUT2D eigenvalue weighted by molar-refractivity contribution is 6.03. The van der Waals surface area contributed by atoms with Gasteiger partial charge in [-0.1, -0.05) is 24.3 Å². The van der Waals surface area contributed by atoms with Crippen molar-refractivity contribution in [1.29, 1.82) is 0 Å². The molecule has 0 bridgehead atoms. The Morgan fingerprint density at radius 3 is 2.35 bits per heavy atom. The van der Waals surface area contributed by atoms with Crippen LogP contribution < -0.4 is 16.0 Å². The van der Waals surface area contributed by atoms with Crippen LogP contribution in [-0.4, -0.2) is 49.4 Å². The second-order valence-electron chi connectivity index (χ2n) is 6.17. The molecule has 1 saturated heterocycles. The number of benzene rings is 2. The smallest absolute Gasteiger partial charge is 0.250 e. The van der Waals surface area contributed by atoms with Gasteiger partial charge in [0.25, 0.3) is 5.91 Å². The summed E-state index contributed by atoms with van der Waals surface area (Å²) in [5, 5.41) is 2.74. The van der Waals surface area contributed by atoms with E-state index in [1.54, 1.807) is 36.4 Å². The summed E-state index contributed by atoms with van der Waals surface area (Å²) in [4.78, 5) is 27.7. The zero-order valence-corrected chi connectivity index (χ0v) is 14.3. The molecule has 0 saturated carbocycles. The Morgan fingerprint density at radius 1 is 1.00 bits per heavy atom. The molecule has 1 aliphatic heterocycles. The Balaban J connectivity index is 1.54. The zero-order valence-electron chi connectivity index (χ0n) is 14.3. The minimum atomic E-state index is -0.584. The lowest BCUT2D eigenvalue weighted by molar-refractivity contribution is -0.117. The van der Waals surface area contributed by atoms with Gasteiger partial charge in [-0.05, 0) is 24.3 Å². The molecule has 1 fully saturated rings. The van der Waals surface area contributed by atoms with E-state index in [-0.39, 0.29) is 23.8 Å². The SMILES string of the molecule is NC(=O)c1ccccc1NC(=O)CN1CCN(c2ccccc2F)CC1. The van der Waals surface area contributed by atoms with Crippen molar-refractivity contribution in [2.45, 2.75) is 0 Å². The Morgan fingerprint density at radius 2 is 1.65 bits per heavy atom. The number of anilines is 2. The van der Waals surface area contributed by atoms with Gasteiger partial charge in [-0.15, -0.1) is 0 Å². The van der Waals surface area contributed by atoms with Crippen molar-refractivity contribution >= 4 is 23.2 Å². The summed E-state index contributed by atoms with van der Waals surface area (Å²) in [6.45, 7) is 2.80. The van der Waals surface area contributed by atoms with Crippen molar-refractivity contribution in [2.75, 3.05) is 42.9 Å². The van der Waals surface area contributed by atoms with E-state index in [0.29, 0.717) is 37.6 Å². The number of carbonyl (C=O) groups is 2. The molecule has 2 aromatic carbocycles. The average Bonchev–Trinajstić information content (AvgIpc) is 2.63. The van der Waals surface area contributed by atoms with E-state index in [2.05, 4.69) is 5.32 Å². The minimum Gasteiger partial charge on any atom is -0.367 e. The number of nitrogens with zero attached hydrogens (tertiary/aromatic N) is 2. The Labute approximate surface area is 151 Å². The number of hydrogen-bond acceptors (Lipinski definition) is 4. The summed E-state index contributed by atoms with van der Waals surface area (Å²) in [5.41, 5.74) is 6.60. The van der Waals surface area contributed by atoms with E-state index in [0.717, 1.165) is 0 Å². The number of nitrogens with one attached hydrogen (secondary N) is 1. The molecule has 2 aromatic rings. The number of amides is 2. The van der Waals surface area contributed by atoms with E-state index in [1.807, 2.05) is 15.9 Å². The summed E-state index contributed by atoms with van der Waals surface area (Å²) < 4.78 is 13.9. The number of nitrogens with two attached hydrogens (primary N) is 1. The summed E-state index contributed by atoms with van der Waals surface area (Å²) in [6, 6.07) is 13.3. The molecule has 0 unspecified atom stereocenters. The van der Waals surface area contributed by atoms with E-state index < -0.39 is 5.91 Å². The van der Waals surface area contributed by atoms with Gasteiger partial charge in [0.05, 0.1) is 23.5 Å². The Kier molecular flexibility index (Phi) is 5.48. The fourth-order valence-electron chi connectivity index (χ4n) is 3.05. The van der Waals surface area contributed by atoms with Gasteiger partial charge >= 0.3 is 0 Å². The molecule has 3 N–H and O–H groups in total. The molecular weight excluding hydrogens is 335 g/mol. The predicted octanol–water partition coefficient (Wildman–Crippen LogP) is 1.69. The monoisotopic (exact) mass is 356 g/mol. The molecule has 0 aromatic heterocycles. The molecule has 3 rings (SSSR count). The van der Waals surface area contributed by atoms with Crippen molar-refractivity contribution in [3.8, 4) is 0 Å². The lowest BCUT2D eigenvalue weighted by Gasteiger charge is -2.35. The van der Waals surface area contributed by atoms with Crippen LogP contribution in [0.15, 0.2) is 48.5 Å². The second kappa shape index (κ2) is 7.97. The summed E-state index contributed by atoms with van der Waals surface area (Å²) in [5.74, 6) is -1.03. The van der Waals surface area contributed by atoms with Crippen LogP contribution in [0.5, 0.6) is 0 Å². The number of hydrogen-bond donors (Lipinski definition) is 2. The number of carbonyl (C=O) groups excluding carboxylic acids is 2. The maximum atomic E-state index is 13.9. The van der Waals surface area contributed by atoms with Crippen LogP contribution in [0.1, 0.15) is 10.4 Å². The maximum absolute atomic E-state index is 13.9. The molecular formula is C19H21FN4O2. The summed E-state index contributed by atoms with van der Waals surface area (Å²) >= 11 is 0. The summed E-state index contributed by atoms with van der Waals surface area (Å²) in [7, 11) is 0. The van der Waals surface area contributed by atoms with Crippen LogP contribution >= 0.6 is 0 Å². The van der Waals surface area contributed by atoms with Gasteiger partial charge in [0.15, 0.2) is 0 Å². The van der Waals surface area contributed by atoms with Crippen LogP contribution in [0.25, 0.3) is 0 Å². The number of rotatable bonds is 5. The standard InChI is InChI=1S/C19H21FN4O2/c20-15-6-2-4-8-17(15)24-11-9-23(10-12-24)13-18(25)22-16-7-3-1-5-14(16)19(21)26/h1-8H,9-13H2,(H2,21,26)(H,22,25). The Bertz CT molecular complexity index is 804. The van der Waals surface area contributed by atoms with Crippen molar-refractivity contribution in [3.63, 3.8) is 0 Å². The lowest BCUT2D eigenvalue weighted by Crippen LogP contribution is -2.49. The largest absolute Gasteiger partial charge is 0.367 e. The first kappa shape index (κ1) is 17.9. The third-order valence-corrected chi connectivity index (χ3v) is 4.40. The van der Waals surface area contributed by atoms with Gasteiger partial charge in [-0.25, -0.2) is 4.39 Å². The molecule has 2 amide bonds. The molecule has 7 heteroatoms. The normalized spacial score (nSPS) is 14.9. The highest BCUT2D eigenvalue weighted by Crippen LogP contribution is 2.20. The molecule has 1 heterocycles. The van der Waals surface area contributed by atoms with Crippen molar-refractivity contribution in [3.05, 3.63) is 59.9 Å². The van der Waals surface area contributed by atoms with E-state index >= 15 is 0 Å². The van der Waals surface area contributed by atoms with Gasteiger partial charge in [0.2, 0.25) is 5.91 Å². The average molecular weight is 356 g/mol. The highest BCUT2D eigenvalue weighted by atomic mass is 19.1. The van der Waals surface area contributed by atoms with E-state index in [1.165, 1.54) is 6.07 Å². The predicted molar refractivity (Wildman–Crippen MR) is 98.6 cm³/mol. The van der Waals surface area contributed by atoms with Gasteiger partial charge in [0, 0.05) is 26.2 Å². The third-order valence-electron chi connectivity index (χ3n) is 4.40. The first-order chi connectivity index (χ1) is 12.5. The number of halogens is 1. The van der Waals surface area contributed by atoms with Crippen LogP contribution in [0.4, 0.5) is 15.8 Å². The van der Waals surface area contributed by atoms with Crippen LogP contribution in [0, 0.1) is 5.82 Å². The second-order valence-corrected chi connectivity index (χ2v) is 6.17. The van der Waals surface area contributed by atoms with Crippen molar-refractivity contribution in [2.24, 2.45) is 5.73 Å². The minimum absolute atomic E-state index is 0.207. The first-order valence-electron chi connectivity index (χ1n) is 8.45. The van der Waals surface area contributed by atoms with Crippen molar-refractivity contribution < 1.29 is 14.0 Å². The van der Waals surface area contributed by atoms with Crippen LogP contribution in [-0.2, 0) is 4.79 Å². The van der Waals surface area contributed by atoms with Gasteiger partial charge in [0.1, 0.15) is 5.82 Å². The van der Waals surface area contributed by atoms with Crippen LogP contribution in [0.2, 0.25) is 0 Å². The zero-order chi connectivity index (χ0) is 18.5. The number of primary amides is 1. The van der Waals surface area contributed by atoms with Crippen molar-refractivity contribution in [1.82, 2.24) is 4.90 Å². The molecule has 6 nitrogen and oxygen atoms in total. The Hall–Kier alpha value is -2.93. The third kappa shape index (κ3) is 4.18. The fraction of sp³-hybridized carbons (Fsp3) is 0.263. The highest BCUT2D eigenvalue weighted by Gasteiger charge is 2.21. The van der Waals surface area contributed by atoms with Gasteiger partial charge < -0.3 is 16.0 Å². The number of piperazine rings is 1. The van der Waals surface area contributed by atoms with Crippen LogP contribution in [0.3, 0.4) is 0 Å². The molecule has 0 spiro atoms. The molecule has 0 aliphatic carbocycles. The molecule has 1 aliphatic rings. The molecule has 136 valence electrons. The molecule has 0 atom stereocenters. The quantitative estimate of drug-likeness (QED) is 0.854. The van der Waals surface area contributed by atoms with E-state index in [9.17, 15) is 14.0 Å². The lowest BCUT2D eigenvalue weighted by atomic mass is 10.1. The molecule has 0 radical (unpaired) electrons. The molecule has 26 heavy (non-hydrogen) atoms. The van der Waals surface area contributed by atoms with E-state index in [4.69, 9.17) is 5.73 Å².